The standard InChI is InChI=1S/C6H7N3O/c1-4-8-2-5(3-9-4)6(7)10/h2-3H,1H3,(H2,7,10). The summed E-state index contributed by atoms with van der Waals surface area (Å²) in [6.07, 6.45) is 2.81. The van der Waals surface area contributed by atoms with Gasteiger partial charge < -0.3 is 5.73 Å². The van der Waals surface area contributed by atoms with Crippen LogP contribution in [0.2, 0.25) is 0 Å². The highest BCUT2D eigenvalue weighted by atomic mass is 16.1. The van der Waals surface area contributed by atoms with Crippen LogP contribution < -0.4 is 5.73 Å². The highest BCUT2D eigenvalue weighted by molar-refractivity contribution is 5.91. The molecule has 0 bridgehead atoms. The second-order valence-corrected chi connectivity index (χ2v) is 1.88. The summed E-state index contributed by atoms with van der Waals surface area (Å²) in [6, 6.07) is 0. The summed E-state index contributed by atoms with van der Waals surface area (Å²) in [5.41, 5.74) is 5.28. The lowest BCUT2D eigenvalue weighted by molar-refractivity contribution is 0.0999. The van der Waals surface area contributed by atoms with Crippen molar-refractivity contribution in [3.63, 3.8) is 0 Å². The van der Waals surface area contributed by atoms with Crippen molar-refractivity contribution in [1.29, 1.82) is 0 Å². The predicted octanol–water partition coefficient (Wildman–Crippen LogP) is -0.116. The fraction of sp³-hybridized carbons (Fsp3) is 0.167. The van der Waals surface area contributed by atoms with E-state index in [1.165, 1.54) is 12.4 Å². The molecule has 0 aliphatic rings. The van der Waals surface area contributed by atoms with Crippen LogP contribution in [0, 0.1) is 6.92 Å². The van der Waals surface area contributed by atoms with Gasteiger partial charge in [0.25, 0.3) is 5.91 Å². The molecule has 4 nitrogen and oxygen atoms in total. The molecule has 0 fully saturated rings. The van der Waals surface area contributed by atoms with Crippen molar-refractivity contribution in [3.8, 4) is 0 Å². The maximum absolute atomic E-state index is 10.5. The van der Waals surface area contributed by atoms with Crippen LogP contribution in [0.5, 0.6) is 0 Å². The number of rotatable bonds is 1. The van der Waals surface area contributed by atoms with Gasteiger partial charge in [0.15, 0.2) is 0 Å². The number of nitrogens with zero attached hydrogens (tertiary/aromatic N) is 2. The van der Waals surface area contributed by atoms with E-state index in [1.54, 1.807) is 6.92 Å². The van der Waals surface area contributed by atoms with E-state index in [-0.39, 0.29) is 0 Å². The molecule has 52 valence electrons. The fourth-order valence-corrected chi connectivity index (χ4v) is 0.520. The van der Waals surface area contributed by atoms with Crippen molar-refractivity contribution in [2.24, 2.45) is 5.73 Å². The minimum Gasteiger partial charge on any atom is -0.366 e. The van der Waals surface area contributed by atoms with E-state index in [1.807, 2.05) is 0 Å². The van der Waals surface area contributed by atoms with Crippen LogP contribution >= 0.6 is 0 Å². The number of amides is 1. The SMILES string of the molecule is Cc1ncc(C(N)=O)cn1. The number of hydrogen-bond acceptors (Lipinski definition) is 3. The Kier molecular flexibility index (Phi) is 1.62. The van der Waals surface area contributed by atoms with Crippen molar-refractivity contribution in [2.75, 3.05) is 0 Å². The van der Waals surface area contributed by atoms with E-state index < -0.39 is 5.91 Å². The Morgan fingerprint density at radius 3 is 2.40 bits per heavy atom. The van der Waals surface area contributed by atoms with E-state index in [9.17, 15) is 4.79 Å². The van der Waals surface area contributed by atoms with E-state index in [0.717, 1.165) is 0 Å². The first kappa shape index (κ1) is 6.67. The van der Waals surface area contributed by atoms with Gasteiger partial charge in [-0.2, -0.15) is 0 Å². The second-order valence-electron chi connectivity index (χ2n) is 1.88. The van der Waals surface area contributed by atoms with Crippen LogP contribution in [0.15, 0.2) is 12.4 Å². The topological polar surface area (TPSA) is 68.9 Å². The minimum absolute atomic E-state index is 0.339. The zero-order chi connectivity index (χ0) is 7.56. The minimum atomic E-state index is -0.500. The van der Waals surface area contributed by atoms with Crippen molar-refractivity contribution in [2.45, 2.75) is 6.92 Å². The fourth-order valence-electron chi connectivity index (χ4n) is 0.520. The maximum Gasteiger partial charge on any atom is 0.251 e. The molecule has 1 rings (SSSR count). The molecule has 0 saturated heterocycles. The van der Waals surface area contributed by atoms with Crippen molar-refractivity contribution in [3.05, 3.63) is 23.8 Å². The Hall–Kier alpha value is -1.45. The summed E-state index contributed by atoms with van der Waals surface area (Å²) in [6.45, 7) is 1.74. The molecule has 10 heavy (non-hydrogen) atoms. The highest BCUT2D eigenvalue weighted by Gasteiger charge is 1.98. The van der Waals surface area contributed by atoms with E-state index in [2.05, 4.69) is 9.97 Å². The molecule has 0 spiro atoms. The first-order valence-electron chi connectivity index (χ1n) is 2.78. The zero-order valence-corrected chi connectivity index (χ0v) is 5.53. The highest BCUT2D eigenvalue weighted by Crippen LogP contribution is 1.92. The van der Waals surface area contributed by atoms with Crippen LogP contribution in [0.25, 0.3) is 0 Å². The Balaban J connectivity index is 3.00. The van der Waals surface area contributed by atoms with Gasteiger partial charge in [0.2, 0.25) is 0 Å². The molecule has 4 heteroatoms. The smallest absolute Gasteiger partial charge is 0.251 e. The lowest BCUT2D eigenvalue weighted by Gasteiger charge is -1.92. The lowest BCUT2D eigenvalue weighted by Crippen LogP contribution is -2.11. The summed E-state index contributed by atoms with van der Waals surface area (Å²) in [5.74, 6) is 0.130. The molecule has 1 aromatic rings. The Morgan fingerprint density at radius 2 is 2.00 bits per heavy atom. The van der Waals surface area contributed by atoms with Crippen LogP contribution in [-0.2, 0) is 0 Å². The molecular weight excluding hydrogens is 130 g/mol. The van der Waals surface area contributed by atoms with Crippen LogP contribution in [0.1, 0.15) is 16.2 Å². The van der Waals surface area contributed by atoms with Crippen LogP contribution in [-0.4, -0.2) is 15.9 Å². The van der Waals surface area contributed by atoms with Gasteiger partial charge in [0.1, 0.15) is 5.82 Å². The van der Waals surface area contributed by atoms with Gasteiger partial charge in [-0.3, -0.25) is 4.79 Å². The molecule has 0 aliphatic carbocycles. The summed E-state index contributed by atoms with van der Waals surface area (Å²) in [7, 11) is 0. The third kappa shape index (κ3) is 1.28. The Labute approximate surface area is 58.1 Å². The Bertz CT molecular complexity index is 242. The molecule has 0 aromatic carbocycles. The van der Waals surface area contributed by atoms with Gasteiger partial charge in [-0.15, -0.1) is 0 Å². The summed E-state index contributed by atoms with van der Waals surface area (Å²) < 4.78 is 0. The monoisotopic (exact) mass is 137 g/mol. The molecular formula is C6H7N3O. The quantitative estimate of drug-likeness (QED) is 0.586. The predicted molar refractivity (Wildman–Crippen MR) is 35.3 cm³/mol. The molecule has 0 atom stereocenters. The number of hydrogen-bond donors (Lipinski definition) is 1. The molecule has 1 aromatic heterocycles. The summed E-state index contributed by atoms with van der Waals surface area (Å²) >= 11 is 0. The number of aryl methyl sites for hydroxylation is 1. The lowest BCUT2D eigenvalue weighted by atomic mass is 10.3. The Morgan fingerprint density at radius 1 is 1.50 bits per heavy atom. The van der Waals surface area contributed by atoms with Gasteiger partial charge in [0, 0.05) is 12.4 Å². The third-order valence-corrected chi connectivity index (χ3v) is 1.07. The molecule has 0 saturated carbocycles. The average Bonchev–Trinajstić information content (AvgIpc) is 1.88. The third-order valence-electron chi connectivity index (χ3n) is 1.07. The van der Waals surface area contributed by atoms with Crippen molar-refractivity contribution in [1.82, 2.24) is 9.97 Å². The number of carbonyl (C=O) groups is 1. The van der Waals surface area contributed by atoms with Gasteiger partial charge >= 0.3 is 0 Å². The summed E-state index contributed by atoms with van der Waals surface area (Å²) in [5, 5.41) is 0. The van der Waals surface area contributed by atoms with Crippen LogP contribution in [0.3, 0.4) is 0 Å². The normalized spacial score (nSPS) is 9.30. The van der Waals surface area contributed by atoms with Crippen LogP contribution in [0.4, 0.5) is 0 Å². The molecule has 0 aliphatic heterocycles. The molecule has 2 N–H and O–H groups in total. The van der Waals surface area contributed by atoms with Gasteiger partial charge in [-0.1, -0.05) is 0 Å². The number of nitrogens with two attached hydrogens (primary N) is 1. The zero-order valence-electron chi connectivity index (χ0n) is 5.53. The van der Waals surface area contributed by atoms with Crippen molar-refractivity contribution >= 4 is 5.91 Å². The van der Waals surface area contributed by atoms with Gasteiger partial charge in [-0.25, -0.2) is 9.97 Å². The molecule has 1 amide bonds. The molecule has 1 heterocycles. The maximum atomic E-state index is 10.5. The van der Waals surface area contributed by atoms with Gasteiger partial charge in [0.05, 0.1) is 5.56 Å². The van der Waals surface area contributed by atoms with Gasteiger partial charge in [-0.05, 0) is 6.92 Å². The number of primary amides is 1. The van der Waals surface area contributed by atoms with E-state index >= 15 is 0 Å². The summed E-state index contributed by atoms with van der Waals surface area (Å²) in [4.78, 5) is 18.0. The first-order valence-corrected chi connectivity index (χ1v) is 2.78. The molecule has 0 unspecified atom stereocenters. The largest absolute Gasteiger partial charge is 0.366 e. The number of carbonyl (C=O) groups excluding carboxylic acids is 1. The number of aromatic nitrogens is 2. The van der Waals surface area contributed by atoms with E-state index in [0.29, 0.717) is 11.4 Å². The van der Waals surface area contributed by atoms with E-state index in [4.69, 9.17) is 5.73 Å². The average molecular weight is 137 g/mol. The van der Waals surface area contributed by atoms with Crippen molar-refractivity contribution < 1.29 is 4.79 Å². The first-order chi connectivity index (χ1) is 4.70. The second kappa shape index (κ2) is 2.43. The molecule has 0 radical (unpaired) electrons.